The number of nitrogen functional groups attached to an aromatic ring is 1. The molecule has 7 heteroatoms. The number of primary amides is 1. The van der Waals surface area contributed by atoms with E-state index < -0.39 is 0 Å². The fourth-order valence-electron chi connectivity index (χ4n) is 2.65. The first-order chi connectivity index (χ1) is 9.45. The van der Waals surface area contributed by atoms with Crippen molar-refractivity contribution in [3.63, 3.8) is 0 Å². The molecule has 1 atom stereocenters. The summed E-state index contributed by atoms with van der Waals surface area (Å²) in [6.45, 7) is 2.92. The van der Waals surface area contributed by atoms with Crippen molar-refractivity contribution < 1.29 is 9.59 Å². The molecule has 0 aromatic carbocycles. The average Bonchev–Trinajstić information content (AvgIpc) is 2.72. The summed E-state index contributed by atoms with van der Waals surface area (Å²) in [6, 6.07) is 0. The van der Waals surface area contributed by atoms with E-state index in [2.05, 4.69) is 5.10 Å². The van der Waals surface area contributed by atoms with Crippen molar-refractivity contribution in [3.8, 4) is 0 Å². The summed E-state index contributed by atoms with van der Waals surface area (Å²) >= 11 is 0. The Balaban J connectivity index is 2.23. The van der Waals surface area contributed by atoms with Crippen molar-refractivity contribution in [3.05, 3.63) is 11.4 Å². The number of anilines is 1. The van der Waals surface area contributed by atoms with Gasteiger partial charge < -0.3 is 16.4 Å². The minimum atomic E-state index is -0.352. The third-order valence-electron chi connectivity index (χ3n) is 3.81. The number of amides is 2. The lowest BCUT2D eigenvalue weighted by Gasteiger charge is -2.31. The fraction of sp³-hybridized carbons (Fsp3) is 0.615. The summed E-state index contributed by atoms with van der Waals surface area (Å²) in [6.07, 6.45) is 2.19. The number of likely N-dealkylation sites (tertiary alicyclic amines) is 1. The summed E-state index contributed by atoms with van der Waals surface area (Å²) in [5.41, 5.74) is 12.9. The molecule has 1 unspecified atom stereocenters. The topological polar surface area (TPSA) is 107 Å². The van der Waals surface area contributed by atoms with E-state index in [4.69, 9.17) is 11.5 Å². The molecule has 2 rings (SSSR count). The quantitative estimate of drug-likeness (QED) is 0.805. The normalized spacial score (nSPS) is 19.1. The molecule has 110 valence electrons. The van der Waals surface area contributed by atoms with Crippen LogP contribution in [-0.2, 0) is 18.3 Å². The second kappa shape index (κ2) is 5.52. The Morgan fingerprint density at radius 1 is 1.45 bits per heavy atom. The molecule has 2 heterocycles. The number of hydrogen-bond acceptors (Lipinski definition) is 4. The first kappa shape index (κ1) is 14.4. The predicted molar refractivity (Wildman–Crippen MR) is 74.8 cm³/mol. The van der Waals surface area contributed by atoms with Gasteiger partial charge >= 0.3 is 0 Å². The monoisotopic (exact) mass is 279 g/mol. The second-order valence-electron chi connectivity index (χ2n) is 5.18. The van der Waals surface area contributed by atoms with Crippen LogP contribution in [0, 0.1) is 5.92 Å². The number of nitrogens with two attached hydrogens (primary N) is 2. The van der Waals surface area contributed by atoms with Crippen LogP contribution in [0.15, 0.2) is 0 Å². The van der Waals surface area contributed by atoms with Crippen LogP contribution in [0.3, 0.4) is 0 Å². The third kappa shape index (κ3) is 2.48. The molecule has 1 aromatic rings. The van der Waals surface area contributed by atoms with E-state index in [-0.39, 0.29) is 17.7 Å². The molecule has 20 heavy (non-hydrogen) atoms. The number of aromatic nitrogens is 2. The number of carbonyl (C=O) groups excluding carboxylic acids is 2. The summed E-state index contributed by atoms with van der Waals surface area (Å²) in [4.78, 5) is 25.5. The Labute approximate surface area is 117 Å². The zero-order valence-electron chi connectivity index (χ0n) is 11.9. The van der Waals surface area contributed by atoms with Crippen LogP contribution in [-0.4, -0.2) is 39.6 Å². The average molecular weight is 279 g/mol. The van der Waals surface area contributed by atoms with Gasteiger partial charge in [0, 0.05) is 20.1 Å². The Hall–Kier alpha value is -2.05. The number of aryl methyl sites for hydroxylation is 2. The fourth-order valence-corrected chi connectivity index (χ4v) is 2.65. The Bertz CT molecular complexity index is 537. The lowest BCUT2D eigenvalue weighted by atomic mass is 9.97. The van der Waals surface area contributed by atoms with Crippen LogP contribution in [0.2, 0.25) is 0 Å². The molecule has 1 aliphatic heterocycles. The number of rotatable bonds is 3. The number of piperidine rings is 1. The Morgan fingerprint density at radius 2 is 2.15 bits per heavy atom. The molecule has 0 radical (unpaired) electrons. The molecule has 1 fully saturated rings. The van der Waals surface area contributed by atoms with Crippen molar-refractivity contribution in [1.82, 2.24) is 14.7 Å². The SMILES string of the molecule is CCc1nn(C)c(C(=O)N2CCCC(C(N)=O)C2)c1N. The van der Waals surface area contributed by atoms with Gasteiger partial charge in [-0.15, -0.1) is 0 Å². The summed E-state index contributed by atoms with van der Waals surface area (Å²) in [7, 11) is 1.71. The largest absolute Gasteiger partial charge is 0.395 e. The van der Waals surface area contributed by atoms with Crippen molar-refractivity contribution in [2.75, 3.05) is 18.8 Å². The number of carbonyl (C=O) groups is 2. The van der Waals surface area contributed by atoms with Gasteiger partial charge in [-0.1, -0.05) is 6.92 Å². The highest BCUT2D eigenvalue weighted by molar-refractivity contribution is 5.98. The molecule has 7 nitrogen and oxygen atoms in total. The highest BCUT2D eigenvalue weighted by Crippen LogP contribution is 2.22. The van der Waals surface area contributed by atoms with Gasteiger partial charge in [0.05, 0.1) is 17.3 Å². The molecule has 2 amide bonds. The van der Waals surface area contributed by atoms with Gasteiger partial charge in [0.1, 0.15) is 5.69 Å². The van der Waals surface area contributed by atoms with Crippen LogP contribution in [0.4, 0.5) is 5.69 Å². The molecule has 0 aliphatic carbocycles. The lowest BCUT2D eigenvalue weighted by Crippen LogP contribution is -2.44. The van der Waals surface area contributed by atoms with Crippen molar-refractivity contribution in [2.45, 2.75) is 26.2 Å². The van der Waals surface area contributed by atoms with Gasteiger partial charge in [-0.2, -0.15) is 5.10 Å². The lowest BCUT2D eigenvalue weighted by molar-refractivity contribution is -0.123. The Morgan fingerprint density at radius 3 is 2.70 bits per heavy atom. The standard InChI is InChI=1S/C13H21N5O2/c1-3-9-10(14)11(17(2)16-9)13(20)18-6-4-5-8(7-18)12(15)19/h8H,3-7,14H2,1-2H3,(H2,15,19). The highest BCUT2D eigenvalue weighted by atomic mass is 16.2. The van der Waals surface area contributed by atoms with E-state index in [0.717, 1.165) is 18.5 Å². The molecule has 0 bridgehead atoms. The predicted octanol–water partition coefficient (Wildman–Crippen LogP) is -0.0978. The molecule has 0 spiro atoms. The molecular weight excluding hydrogens is 258 g/mol. The van der Waals surface area contributed by atoms with Crippen LogP contribution >= 0.6 is 0 Å². The second-order valence-corrected chi connectivity index (χ2v) is 5.18. The van der Waals surface area contributed by atoms with E-state index in [1.165, 1.54) is 4.68 Å². The van der Waals surface area contributed by atoms with E-state index >= 15 is 0 Å². The van der Waals surface area contributed by atoms with Gasteiger partial charge in [-0.3, -0.25) is 14.3 Å². The van der Waals surface area contributed by atoms with Gasteiger partial charge in [-0.25, -0.2) is 0 Å². The van der Waals surface area contributed by atoms with Crippen LogP contribution in [0.25, 0.3) is 0 Å². The van der Waals surface area contributed by atoms with Crippen LogP contribution in [0.1, 0.15) is 35.9 Å². The van der Waals surface area contributed by atoms with Crippen molar-refractivity contribution in [2.24, 2.45) is 18.7 Å². The molecular formula is C13H21N5O2. The smallest absolute Gasteiger partial charge is 0.274 e. The van der Waals surface area contributed by atoms with Gasteiger partial charge in [0.15, 0.2) is 0 Å². The minimum absolute atomic E-state index is 0.178. The van der Waals surface area contributed by atoms with E-state index in [1.807, 2.05) is 6.92 Å². The van der Waals surface area contributed by atoms with Crippen LogP contribution < -0.4 is 11.5 Å². The van der Waals surface area contributed by atoms with Crippen molar-refractivity contribution in [1.29, 1.82) is 0 Å². The van der Waals surface area contributed by atoms with Crippen LogP contribution in [0.5, 0.6) is 0 Å². The summed E-state index contributed by atoms with van der Waals surface area (Å²) in [5.74, 6) is -0.800. The number of hydrogen-bond donors (Lipinski definition) is 2. The highest BCUT2D eigenvalue weighted by Gasteiger charge is 2.30. The third-order valence-corrected chi connectivity index (χ3v) is 3.81. The molecule has 0 saturated carbocycles. The Kier molecular flexibility index (Phi) is 3.96. The van der Waals surface area contributed by atoms with Crippen molar-refractivity contribution >= 4 is 17.5 Å². The summed E-state index contributed by atoms with van der Waals surface area (Å²) in [5, 5.41) is 4.25. The number of nitrogens with zero attached hydrogens (tertiary/aromatic N) is 3. The van der Waals surface area contributed by atoms with E-state index in [0.29, 0.717) is 30.9 Å². The minimum Gasteiger partial charge on any atom is -0.395 e. The van der Waals surface area contributed by atoms with Gasteiger partial charge in [0.2, 0.25) is 5.91 Å². The zero-order chi connectivity index (χ0) is 14.9. The van der Waals surface area contributed by atoms with Gasteiger partial charge in [-0.05, 0) is 19.3 Å². The van der Waals surface area contributed by atoms with E-state index in [1.54, 1.807) is 11.9 Å². The molecule has 1 aliphatic rings. The zero-order valence-corrected chi connectivity index (χ0v) is 11.9. The summed E-state index contributed by atoms with van der Waals surface area (Å²) < 4.78 is 1.52. The maximum absolute atomic E-state index is 12.6. The first-order valence-corrected chi connectivity index (χ1v) is 6.85. The molecule has 4 N–H and O–H groups in total. The first-order valence-electron chi connectivity index (χ1n) is 6.85. The molecule has 1 aromatic heterocycles. The van der Waals surface area contributed by atoms with E-state index in [9.17, 15) is 9.59 Å². The maximum atomic E-state index is 12.6. The molecule has 1 saturated heterocycles. The van der Waals surface area contributed by atoms with Gasteiger partial charge in [0.25, 0.3) is 5.91 Å². The maximum Gasteiger partial charge on any atom is 0.274 e.